The zero-order valence-electron chi connectivity index (χ0n) is 26.0. The molecule has 6 heteroatoms. The minimum absolute atomic E-state index is 0.0443. The van der Waals surface area contributed by atoms with Crippen molar-refractivity contribution in [3.8, 4) is 0 Å². The second-order valence-electron chi connectivity index (χ2n) is 12.9. The lowest BCUT2D eigenvalue weighted by atomic mass is 9.84. The van der Waals surface area contributed by atoms with Crippen LogP contribution < -0.4 is 5.73 Å². The van der Waals surface area contributed by atoms with E-state index in [0.717, 1.165) is 19.3 Å². The monoisotopic (exact) mass is 561 g/mol. The molecule has 0 aliphatic carbocycles. The second-order valence-corrected chi connectivity index (χ2v) is 17.7. The highest BCUT2D eigenvalue weighted by atomic mass is 28.4. The average Bonchev–Trinajstić information content (AvgIpc) is 2.90. The maximum absolute atomic E-state index is 13.4. The molecule has 0 heterocycles. The molecule has 0 bridgehead atoms. The lowest BCUT2D eigenvalue weighted by Crippen LogP contribution is -2.47. The number of carbonyl (C=O) groups is 2. The zero-order chi connectivity index (χ0) is 29.3. The van der Waals surface area contributed by atoms with Gasteiger partial charge in [0.2, 0.25) is 0 Å². The summed E-state index contributed by atoms with van der Waals surface area (Å²) in [6.45, 7) is 13.5. The molecular weight excluding hydrogens is 502 g/mol. The predicted molar refractivity (Wildman–Crippen MR) is 167 cm³/mol. The molecule has 0 aromatic heterocycles. The maximum Gasteiger partial charge on any atom is 0.191 e. The van der Waals surface area contributed by atoms with Gasteiger partial charge >= 0.3 is 0 Å². The van der Waals surface area contributed by atoms with E-state index >= 15 is 0 Å². The summed E-state index contributed by atoms with van der Waals surface area (Å²) in [6.07, 6.45) is 14.5. The lowest BCUT2D eigenvalue weighted by Gasteiger charge is -2.36. The molecule has 5 nitrogen and oxygen atoms in total. The molecule has 1 aromatic rings. The minimum Gasteiger partial charge on any atom is -0.417 e. The molecule has 0 aliphatic rings. The lowest BCUT2D eigenvalue weighted by molar-refractivity contribution is -0.132. The number of hydrogen-bond acceptors (Lipinski definition) is 5. The fraction of sp³-hybridized carbons (Fsp3) is 0.758. The number of unbranched alkanes of at least 4 members (excludes halogenated alkanes) is 11. The molecule has 224 valence electrons. The quantitative estimate of drug-likeness (QED) is 0.0845. The van der Waals surface area contributed by atoms with Gasteiger partial charge in [0.05, 0.1) is 6.04 Å². The van der Waals surface area contributed by atoms with E-state index in [1.165, 1.54) is 57.8 Å². The molecule has 39 heavy (non-hydrogen) atoms. The van der Waals surface area contributed by atoms with Gasteiger partial charge in [-0.25, -0.2) is 0 Å². The van der Waals surface area contributed by atoms with E-state index in [0.29, 0.717) is 25.0 Å². The van der Waals surface area contributed by atoms with Gasteiger partial charge in [-0.05, 0) is 31.0 Å². The van der Waals surface area contributed by atoms with Crippen LogP contribution >= 0.6 is 0 Å². The minimum atomic E-state index is -2.01. The van der Waals surface area contributed by atoms with E-state index in [9.17, 15) is 14.7 Å². The molecule has 0 amide bonds. The van der Waals surface area contributed by atoms with Gasteiger partial charge in [0, 0.05) is 18.1 Å². The van der Waals surface area contributed by atoms with Gasteiger partial charge in [0.1, 0.15) is 6.10 Å². The molecule has 0 fully saturated rings. The van der Waals surface area contributed by atoms with Crippen LogP contribution in [0.25, 0.3) is 0 Å². The summed E-state index contributed by atoms with van der Waals surface area (Å²) in [5.74, 6) is -1.36. The summed E-state index contributed by atoms with van der Waals surface area (Å²) in [5, 5.41) is 10.8. The van der Waals surface area contributed by atoms with Gasteiger partial charge in [-0.3, -0.25) is 9.59 Å². The molecule has 3 atom stereocenters. The first-order valence-electron chi connectivity index (χ1n) is 15.6. The smallest absolute Gasteiger partial charge is 0.191 e. The van der Waals surface area contributed by atoms with Gasteiger partial charge in [0.25, 0.3) is 0 Å². The zero-order valence-corrected chi connectivity index (χ0v) is 27.0. The summed E-state index contributed by atoms with van der Waals surface area (Å²) in [6, 6.07) is 7.87. The van der Waals surface area contributed by atoms with Crippen molar-refractivity contribution >= 4 is 19.9 Å². The Bertz CT molecular complexity index is 806. The van der Waals surface area contributed by atoms with Gasteiger partial charge in [-0.15, -0.1) is 0 Å². The Morgan fingerprint density at radius 3 is 1.82 bits per heavy atom. The van der Waals surface area contributed by atoms with Gasteiger partial charge in [-0.1, -0.05) is 135 Å². The number of benzene rings is 1. The van der Waals surface area contributed by atoms with Crippen molar-refractivity contribution in [2.24, 2.45) is 11.7 Å². The van der Waals surface area contributed by atoms with E-state index in [1.807, 2.05) is 6.07 Å². The van der Waals surface area contributed by atoms with Gasteiger partial charge in [-0.2, -0.15) is 0 Å². The Morgan fingerprint density at radius 2 is 1.33 bits per heavy atom. The van der Waals surface area contributed by atoms with Crippen LogP contribution in [-0.4, -0.2) is 43.7 Å². The topological polar surface area (TPSA) is 89.6 Å². The van der Waals surface area contributed by atoms with Crippen molar-refractivity contribution in [3.05, 3.63) is 35.9 Å². The standard InChI is InChI=1S/C33H59NO4Si/c1-7-8-9-10-11-12-13-14-15-16-17-21-24-29(35)32(37)28(25-26-38-39(5,6)33(2,3)4)30(34)31(36)27-22-19-18-20-23-27/h18-20,22-23,28-30,35H,7-17,21,24-26,34H2,1-6H3/t28-,29-,30?/m1/s1. The summed E-state index contributed by atoms with van der Waals surface area (Å²) >= 11 is 0. The molecule has 1 aromatic carbocycles. The van der Waals surface area contributed by atoms with Crippen LogP contribution in [0.5, 0.6) is 0 Å². The average molecular weight is 562 g/mol. The van der Waals surface area contributed by atoms with Crippen molar-refractivity contribution in [2.75, 3.05) is 6.61 Å². The summed E-state index contributed by atoms with van der Waals surface area (Å²) in [7, 11) is -2.01. The molecule has 0 saturated carbocycles. The predicted octanol–water partition coefficient (Wildman–Crippen LogP) is 8.25. The van der Waals surface area contributed by atoms with Crippen LogP contribution in [-0.2, 0) is 9.22 Å². The third-order valence-electron chi connectivity index (χ3n) is 8.52. The van der Waals surface area contributed by atoms with E-state index in [-0.39, 0.29) is 16.6 Å². The molecule has 1 rings (SSSR count). The van der Waals surface area contributed by atoms with E-state index < -0.39 is 26.4 Å². The Morgan fingerprint density at radius 1 is 0.846 bits per heavy atom. The highest BCUT2D eigenvalue weighted by Gasteiger charge is 2.39. The Kier molecular flexibility index (Phi) is 17.3. The fourth-order valence-electron chi connectivity index (χ4n) is 4.70. The van der Waals surface area contributed by atoms with Crippen LogP contribution in [0.15, 0.2) is 30.3 Å². The number of carbonyl (C=O) groups excluding carboxylic acids is 2. The third-order valence-corrected chi connectivity index (χ3v) is 13.1. The molecule has 0 radical (unpaired) electrons. The molecule has 1 unspecified atom stereocenters. The van der Waals surface area contributed by atoms with Crippen LogP contribution in [0.3, 0.4) is 0 Å². The highest BCUT2D eigenvalue weighted by Crippen LogP contribution is 2.36. The number of Topliss-reactive ketones (excluding diaryl/α,β-unsaturated/α-hetero) is 2. The number of rotatable bonds is 22. The maximum atomic E-state index is 13.4. The Balaban J connectivity index is 2.58. The molecule has 3 N–H and O–H groups in total. The van der Waals surface area contributed by atoms with Crippen LogP contribution in [0.4, 0.5) is 0 Å². The van der Waals surface area contributed by atoms with Crippen LogP contribution in [0, 0.1) is 5.92 Å². The second kappa shape index (κ2) is 18.9. The summed E-state index contributed by atoms with van der Waals surface area (Å²) in [5.41, 5.74) is 6.90. The largest absolute Gasteiger partial charge is 0.417 e. The Labute approximate surface area is 240 Å². The molecule has 0 aliphatic heterocycles. The van der Waals surface area contributed by atoms with Crippen LogP contribution in [0.2, 0.25) is 18.1 Å². The number of hydrogen-bond donors (Lipinski definition) is 2. The number of ketones is 2. The summed E-state index contributed by atoms with van der Waals surface area (Å²) < 4.78 is 6.31. The van der Waals surface area contributed by atoms with E-state index in [4.69, 9.17) is 10.2 Å². The molecule has 0 spiro atoms. The Hall–Kier alpha value is -1.34. The first-order chi connectivity index (χ1) is 18.4. The molecular formula is C33H59NO4Si. The highest BCUT2D eigenvalue weighted by molar-refractivity contribution is 6.74. The number of aliphatic hydroxyl groups is 1. The van der Waals surface area contributed by atoms with Crippen LogP contribution in [0.1, 0.15) is 128 Å². The third kappa shape index (κ3) is 13.7. The first kappa shape index (κ1) is 35.7. The number of aliphatic hydroxyl groups excluding tert-OH is 1. The normalized spacial score (nSPS) is 14.7. The number of nitrogens with two attached hydrogens (primary N) is 1. The van der Waals surface area contributed by atoms with Crippen molar-refractivity contribution in [1.82, 2.24) is 0 Å². The van der Waals surface area contributed by atoms with Gasteiger partial charge in [0.15, 0.2) is 19.9 Å². The van der Waals surface area contributed by atoms with Gasteiger partial charge < -0.3 is 15.3 Å². The first-order valence-corrected chi connectivity index (χ1v) is 18.5. The van der Waals surface area contributed by atoms with E-state index in [1.54, 1.807) is 24.3 Å². The van der Waals surface area contributed by atoms with Crippen molar-refractivity contribution in [2.45, 2.75) is 148 Å². The fourth-order valence-corrected chi connectivity index (χ4v) is 5.76. The van der Waals surface area contributed by atoms with Crippen molar-refractivity contribution < 1.29 is 19.1 Å². The van der Waals surface area contributed by atoms with Crippen molar-refractivity contribution in [1.29, 1.82) is 0 Å². The molecule has 0 saturated heterocycles. The summed E-state index contributed by atoms with van der Waals surface area (Å²) in [4.78, 5) is 26.5. The van der Waals surface area contributed by atoms with E-state index in [2.05, 4.69) is 40.8 Å². The van der Waals surface area contributed by atoms with Crippen molar-refractivity contribution in [3.63, 3.8) is 0 Å². The SMILES string of the molecule is CCCCCCCCCCCCCC[C@@H](O)C(=O)[C@H](CCO[Si](C)(C)C(C)(C)C)C(N)C(=O)c1ccccc1.